The molecule has 0 radical (unpaired) electrons. The molecular weight excluding hydrogens is 188 g/mol. The number of allylic oxidation sites excluding steroid dienone is 1. The molecule has 1 atom stereocenters. The van der Waals surface area contributed by atoms with Crippen molar-refractivity contribution in [1.82, 2.24) is 0 Å². The first-order valence-electron chi connectivity index (χ1n) is 6.02. The Morgan fingerprint density at radius 1 is 1.29 bits per heavy atom. The molecule has 1 aliphatic rings. The normalized spacial score (nSPS) is 22.6. The maximum atomic E-state index is 6.43. The van der Waals surface area contributed by atoms with Crippen LogP contribution in [0.25, 0.3) is 0 Å². The maximum absolute atomic E-state index is 6.43. The van der Waals surface area contributed by atoms with Gasteiger partial charge < -0.3 is 4.43 Å². The fraction of sp³-hybridized carbons (Fsp3) is 0.833. The van der Waals surface area contributed by atoms with Gasteiger partial charge in [0.05, 0.1) is 6.10 Å². The van der Waals surface area contributed by atoms with E-state index in [-0.39, 0.29) is 0 Å². The van der Waals surface area contributed by atoms with Crippen LogP contribution in [0.15, 0.2) is 11.6 Å². The van der Waals surface area contributed by atoms with Crippen molar-refractivity contribution in [1.29, 1.82) is 0 Å². The third-order valence-electron chi connectivity index (χ3n) is 3.73. The monoisotopic (exact) mass is 212 g/mol. The number of rotatable bonds is 5. The molecule has 0 bridgehead atoms. The van der Waals surface area contributed by atoms with E-state index in [1.807, 2.05) is 0 Å². The SMILES string of the molecule is CC[Si](CC)(CC)O[C@H]1CCC=C1C. The second-order valence-electron chi connectivity index (χ2n) is 4.38. The highest BCUT2D eigenvalue weighted by molar-refractivity contribution is 6.73. The number of hydrogen-bond acceptors (Lipinski definition) is 1. The van der Waals surface area contributed by atoms with Crippen molar-refractivity contribution in [3.63, 3.8) is 0 Å². The van der Waals surface area contributed by atoms with E-state index in [0.717, 1.165) is 0 Å². The van der Waals surface area contributed by atoms with Gasteiger partial charge in [-0.3, -0.25) is 0 Å². The summed E-state index contributed by atoms with van der Waals surface area (Å²) in [5, 5.41) is 0. The Morgan fingerprint density at radius 3 is 2.21 bits per heavy atom. The minimum Gasteiger partial charge on any atom is -0.410 e. The molecule has 0 heterocycles. The molecule has 0 amide bonds. The van der Waals surface area contributed by atoms with Crippen molar-refractivity contribution in [2.45, 2.75) is 64.8 Å². The molecule has 0 aromatic carbocycles. The van der Waals surface area contributed by atoms with Crippen LogP contribution in [-0.4, -0.2) is 14.4 Å². The van der Waals surface area contributed by atoms with Crippen molar-refractivity contribution < 1.29 is 4.43 Å². The van der Waals surface area contributed by atoms with Crippen LogP contribution < -0.4 is 0 Å². The van der Waals surface area contributed by atoms with Gasteiger partial charge in [0.1, 0.15) is 0 Å². The van der Waals surface area contributed by atoms with Gasteiger partial charge in [0.25, 0.3) is 0 Å². The molecule has 0 N–H and O–H groups in total. The minimum absolute atomic E-state index is 0.460. The van der Waals surface area contributed by atoms with Gasteiger partial charge in [0.2, 0.25) is 0 Å². The van der Waals surface area contributed by atoms with Crippen molar-refractivity contribution in [2.75, 3.05) is 0 Å². The van der Waals surface area contributed by atoms with E-state index in [4.69, 9.17) is 4.43 Å². The Bertz CT molecular complexity index is 198. The quantitative estimate of drug-likeness (QED) is 0.492. The fourth-order valence-corrected chi connectivity index (χ4v) is 5.18. The van der Waals surface area contributed by atoms with Crippen LogP contribution in [0.3, 0.4) is 0 Å². The molecule has 14 heavy (non-hydrogen) atoms. The van der Waals surface area contributed by atoms with Gasteiger partial charge in [-0.1, -0.05) is 26.8 Å². The van der Waals surface area contributed by atoms with Gasteiger partial charge in [0.15, 0.2) is 8.32 Å². The third-order valence-corrected chi connectivity index (χ3v) is 8.38. The minimum atomic E-state index is -1.37. The van der Waals surface area contributed by atoms with Crippen LogP contribution in [-0.2, 0) is 4.43 Å². The Hall–Kier alpha value is -0.0831. The molecule has 0 aromatic heterocycles. The molecule has 0 spiro atoms. The second kappa shape index (κ2) is 5.13. The Kier molecular flexibility index (Phi) is 4.39. The van der Waals surface area contributed by atoms with Gasteiger partial charge in [0, 0.05) is 0 Å². The summed E-state index contributed by atoms with van der Waals surface area (Å²) in [6.07, 6.45) is 5.24. The van der Waals surface area contributed by atoms with Gasteiger partial charge in [-0.15, -0.1) is 0 Å². The second-order valence-corrected chi connectivity index (χ2v) is 9.10. The van der Waals surface area contributed by atoms with Crippen molar-refractivity contribution in [3.05, 3.63) is 11.6 Å². The molecule has 2 heteroatoms. The Labute approximate surface area is 89.7 Å². The maximum Gasteiger partial charge on any atom is 0.192 e. The van der Waals surface area contributed by atoms with Crippen LogP contribution >= 0.6 is 0 Å². The molecular formula is C12H24OSi. The first-order chi connectivity index (χ1) is 6.67. The third kappa shape index (κ3) is 2.48. The molecule has 0 aromatic rings. The predicted octanol–water partition coefficient (Wildman–Crippen LogP) is 4.12. The van der Waals surface area contributed by atoms with Crippen LogP contribution in [0.5, 0.6) is 0 Å². The van der Waals surface area contributed by atoms with E-state index in [1.54, 1.807) is 0 Å². The summed E-state index contributed by atoms with van der Waals surface area (Å²) in [6, 6.07) is 3.80. The lowest BCUT2D eigenvalue weighted by molar-refractivity contribution is 0.221. The molecule has 0 saturated carbocycles. The van der Waals surface area contributed by atoms with Crippen molar-refractivity contribution in [2.24, 2.45) is 0 Å². The Balaban J connectivity index is 2.59. The molecule has 1 nitrogen and oxygen atoms in total. The van der Waals surface area contributed by atoms with E-state index in [9.17, 15) is 0 Å². The zero-order valence-electron chi connectivity index (χ0n) is 10.1. The van der Waals surface area contributed by atoms with E-state index in [2.05, 4.69) is 33.8 Å². The van der Waals surface area contributed by atoms with Gasteiger partial charge in [-0.05, 0) is 43.5 Å². The highest BCUT2D eigenvalue weighted by Gasteiger charge is 2.33. The van der Waals surface area contributed by atoms with Gasteiger partial charge in [-0.25, -0.2) is 0 Å². The summed E-state index contributed by atoms with van der Waals surface area (Å²) in [5.74, 6) is 0. The lowest BCUT2D eigenvalue weighted by Crippen LogP contribution is -2.39. The number of hydrogen-bond donors (Lipinski definition) is 0. The molecule has 0 unspecified atom stereocenters. The fourth-order valence-electron chi connectivity index (χ4n) is 2.28. The van der Waals surface area contributed by atoms with E-state index < -0.39 is 8.32 Å². The zero-order valence-corrected chi connectivity index (χ0v) is 11.1. The first kappa shape index (κ1) is 12.0. The average molecular weight is 212 g/mol. The topological polar surface area (TPSA) is 9.23 Å². The van der Waals surface area contributed by atoms with Crippen LogP contribution in [0.1, 0.15) is 40.5 Å². The molecule has 0 saturated heterocycles. The lowest BCUT2D eigenvalue weighted by Gasteiger charge is -2.32. The van der Waals surface area contributed by atoms with Crippen molar-refractivity contribution in [3.8, 4) is 0 Å². The van der Waals surface area contributed by atoms with Gasteiger partial charge in [-0.2, -0.15) is 0 Å². The highest BCUT2D eigenvalue weighted by atomic mass is 28.4. The molecule has 82 valence electrons. The summed E-state index contributed by atoms with van der Waals surface area (Å²) in [5.41, 5.74) is 1.47. The van der Waals surface area contributed by atoms with Gasteiger partial charge >= 0.3 is 0 Å². The summed E-state index contributed by atoms with van der Waals surface area (Å²) >= 11 is 0. The van der Waals surface area contributed by atoms with Crippen LogP contribution in [0, 0.1) is 0 Å². The standard InChI is InChI=1S/C12H24OSi/c1-5-14(6-2,7-3)13-12-10-8-9-11(12)4/h9,12H,5-8,10H2,1-4H3/t12-/m0/s1. The van der Waals surface area contributed by atoms with E-state index in [1.165, 1.54) is 36.5 Å². The molecule has 1 aliphatic carbocycles. The van der Waals surface area contributed by atoms with Crippen molar-refractivity contribution >= 4 is 8.32 Å². The predicted molar refractivity (Wildman–Crippen MR) is 65.1 cm³/mol. The largest absolute Gasteiger partial charge is 0.410 e. The average Bonchev–Trinajstić information content (AvgIpc) is 2.61. The molecule has 0 fully saturated rings. The zero-order chi connectivity index (χ0) is 10.6. The van der Waals surface area contributed by atoms with Crippen LogP contribution in [0.4, 0.5) is 0 Å². The molecule has 1 rings (SSSR count). The first-order valence-corrected chi connectivity index (χ1v) is 8.55. The van der Waals surface area contributed by atoms with Crippen LogP contribution in [0.2, 0.25) is 18.1 Å². The summed E-state index contributed by atoms with van der Waals surface area (Å²) in [4.78, 5) is 0. The summed E-state index contributed by atoms with van der Waals surface area (Å²) < 4.78 is 6.43. The lowest BCUT2D eigenvalue weighted by atomic mass is 10.2. The summed E-state index contributed by atoms with van der Waals surface area (Å²) in [6.45, 7) is 9.12. The molecule has 0 aliphatic heterocycles. The summed E-state index contributed by atoms with van der Waals surface area (Å²) in [7, 11) is -1.37. The Morgan fingerprint density at radius 2 is 1.86 bits per heavy atom. The highest BCUT2D eigenvalue weighted by Crippen LogP contribution is 2.30. The smallest absolute Gasteiger partial charge is 0.192 e. The van der Waals surface area contributed by atoms with E-state index >= 15 is 0 Å². The van der Waals surface area contributed by atoms with E-state index in [0.29, 0.717) is 6.10 Å².